The SMILES string of the molecule is CCN(C(=O)c1cc(Br)ccc1I)c1ccccc1N. The van der Waals surface area contributed by atoms with E-state index in [4.69, 9.17) is 5.73 Å². The molecule has 0 aliphatic rings. The minimum absolute atomic E-state index is 0.0453. The summed E-state index contributed by atoms with van der Waals surface area (Å²) in [5.41, 5.74) is 8.00. The number of amides is 1. The lowest BCUT2D eigenvalue weighted by Gasteiger charge is -2.23. The van der Waals surface area contributed by atoms with Gasteiger partial charge in [-0.05, 0) is 59.8 Å². The molecule has 3 nitrogen and oxygen atoms in total. The van der Waals surface area contributed by atoms with Crippen LogP contribution in [0.4, 0.5) is 11.4 Å². The van der Waals surface area contributed by atoms with Gasteiger partial charge >= 0.3 is 0 Å². The summed E-state index contributed by atoms with van der Waals surface area (Å²) >= 11 is 5.58. The van der Waals surface area contributed by atoms with Gasteiger partial charge in [-0.15, -0.1) is 0 Å². The molecule has 20 heavy (non-hydrogen) atoms. The first-order chi connectivity index (χ1) is 9.54. The largest absolute Gasteiger partial charge is 0.397 e. The van der Waals surface area contributed by atoms with Crippen molar-refractivity contribution in [3.63, 3.8) is 0 Å². The molecule has 2 aromatic carbocycles. The van der Waals surface area contributed by atoms with E-state index in [0.29, 0.717) is 17.8 Å². The van der Waals surface area contributed by atoms with Gasteiger partial charge in [-0.1, -0.05) is 28.1 Å². The summed E-state index contributed by atoms with van der Waals surface area (Å²) in [6.07, 6.45) is 0. The molecule has 104 valence electrons. The Kier molecular flexibility index (Phi) is 5.04. The van der Waals surface area contributed by atoms with Crippen molar-refractivity contribution >= 4 is 55.8 Å². The maximum atomic E-state index is 12.7. The molecule has 0 saturated heterocycles. The summed E-state index contributed by atoms with van der Waals surface area (Å²) in [4.78, 5) is 14.4. The Morgan fingerprint density at radius 3 is 2.65 bits per heavy atom. The molecule has 0 spiro atoms. The zero-order valence-electron chi connectivity index (χ0n) is 10.9. The first-order valence-corrected chi connectivity index (χ1v) is 8.03. The Bertz CT molecular complexity index is 646. The Morgan fingerprint density at radius 2 is 2.00 bits per heavy atom. The molecule has 1 amide bonds. The smallest absolute Gasteiger partial charge is 0.259 e. The van der Waals surface area contributed by atoms with Crippen LogP contribution in [0.3, 0.4) is 0 Å². The van der Waals surface area contributed by atoms with Crippen LogP contribution in [0.1, 0.15) is 17.3 Å². The van der Waals surface area contributed by atoms with E-state index in [2.05, 4.69) is 38.5 Å². The molecule has 2 aromatic rings. The Morgan fingerprint density at radius 1 is 1.30 bits per heavy atom. The van der Waals surface area contributed by atoms with E-state index in [0.717, 1.165) is 13.7 Å². The van der Waals surface area contributed by atoms with Crippen molar-refractivity contribution in [3.8, 4) is 0 Å². The van der Waals surface area contributed by atoms with Crippen LogP contribution in [0.25, 0.3) is 0 Å². The van der Waals surface area contributed by atoms with Crippen LogP contribution in [0.15, 0.2) is 46.9 Å². The second-order valence-corrected chi connectivity index (χ2v) is 6.31. The van der Waals surface area contributed by atoms with Crippen LogP contribution in [0.5, 0.6) is 0 Å². The molecule has 0 radical (unpaired) electrons. The van der Waals surface area contributed by atoms with E-state index >= 15 is 0 Å². The van der Waals surface area contributed by atoms with Crippen molar-refractivity contribution in [1.29, 1.82) is 0 Å². The van der Waals surface area contributed by atoms with Crippen molar-refractivity contribution in [2.24, 2.45) is 0 Å². The molecule has 0 unspecified atom stereocenters. The lowest BCUT2D eigenvalue weighted by Crippen LogP contribution is -2.31. The minimum Gasteiger partial charge on any atom is -0.397 e. The minimum atomic E-state index is -0.0453. The van der Waals surface area contributed by atoms with Crippen molar-refractivity contribution < 1.29 is 4.79 Å². The van der Waals surface area contributed by atoms with E-state index in [1.54, 1.807) is 11.0 Å². The lowest BCUT2D eigenvalue weighted by molar-refractivity contribution is 0.0987. The maximum absolute atomic E-state index is 12.7. The van der Waals surface area contributed by atoms with E-state index in [-0.39, 0.29) is 5.91 Å². The number of anilines is 2. The number of hydrogen-bond acceptors (Lipinski definition) is 2. The number of hydrogen-bond donors (Lipinski definition) is 1. The molecule has 5 heteroatoms. The van der Waals surface area contributed by atoms with Crippen LogP contribution >= 0.6 is 38.5 Å². The molecular formula is C15H14BrIN2O. The van der Waals surface area contributed by atoms with Gasteiger partial charge in [0.1, 0.15) is 0 Å². The second-order valence-electron chi connectivity index (χ2n) is 4.23. The predicted molar refractivity (Wildman–Crippen MR) is 95.1 cm³/mol. The zero-order chi connectivity index (χ0) is 14.7. The summed E-state index contributed by atoms with van der Waals surface area (Å²) in [6, 6.07) is 13.1. The van der Waals surface area contributed by atoms with E-state index in [1.165, 1.54) is 0 Å². The van der Waals surface area contributed by atoms with Crippen LogP contribution in [0, 0.1) is 3.57 Å². The van der Waals surface area contributed by atoms with Gasteiger partial charge in [-0.25, -0.2) is 0 Å². The number of benzene rings is 2. The molecular weight excluding hydrogens is 431 g/mol. The average molecular weight is 445 g/mol. The van der Waals surface area contributed by atoms with Gasteiger partial charge in [0.2, 0.25) is 0 Å². The highest BCUT2D eigenvalue weighted by Gasteiger charge is 2.20. The van der Waals surface area contributed by atoms with E-state index in [1.807, 2.05) is 43.3 Å². The summed E-state index contributed by atoms with van der Waals surface area (Å²) in [5.74, 6) is -0.0453. The van der Waals surface area contributed by atoms with Gasteiger partial charge in [0, 0.05) is 14.6 Å². The van der Waals surface area contributed by atoms with E-state index < -0.39 is 0 Å². The first kappa shape index (κ1) is 15.3. The molecule has 0 aliphatic heterocycles. The van der Waals surface area contributed by atoms with Crippen LogP contribution < -0.4 is 10.6 Å². The third-order valence-electron chi connectivity index (χ3n) is 2.95. The highest BCUT2D eigenvalue weighted by Crippen LogP contribution is 2.26. The molecule has 2 rings (SSSR count). The number of rotatable bonds is 3. The van der Waals surface area contributed by atoms with Gasteiger partial charge in [0.15, 0.2) is 0 Å². The number of para-hydroxylation sites is 2. The first-order valence-electron chi connectivity index (χ1n) is 6.16. The number of nitrogens with two attached hydrogens (primary N) is 1. The van der Waals surface area contributed by atoms with Gasteiger partial charge in [-0.3, -0.25) is 4.79 Å². The highest BCUT2D eigenvalue weighted by atomic mass is 127. The third-order valence-corrected chi connectivity index (χ3v) is 4.38. The highest BCUT2D eigenvalue weighted by molar-refractivity contribution is 14.1. The molecule has 0 atom stereocenters. The average Bonchev–Trinajstić information content (AvgIpc) is 2.44. The predicted octanol–water partition coefficient (Wildman–Crippen LogP) is 4.30. The molecule has 0 aliphatic carbocycles. The Hall–Kier alpha value is -1.08. The fraction of sp³-hybridized carbons (Fsp3) is 0.133. The molecule has 2 N–H and O–H groups in total. The van der Waals surface area contributed by atoms with Crippen LogP contribution in [0.2, 0.25) is 0 Å². The summed E-state index contributed by atoms with van der Waals surface area (Å²) < 4.78 is 1.81. The topological polar surface area (TPSA) is 46.3 Å². The normalized spacial score (nSPS) is 10.3. The van der Waals surface area contributed by atoms with Crippen LogP contribution in [-0.4, -0.2) is 12.5 Å². The molecule has 0 fully saturated rings. The quantitative estimate of drug-likeness (QED) is 0.566. The van der Waals surface area contributed by atoms with Gasteiger partial charge in [0.05, 0.1) is 16.9 Å². The zero-order valence-corrected chi connectivity index (χ0v) is 14.7. The molecule has 0 aromatic heterocycles. The van der Waals surface area contributed by atoms with E-state index in [9.17, 15) is 4.79 Å². The lowest BCUT2D eigenvalue weighted by atomic mass is 10.1. The number of nitrogens with zero attached hydrogens (tertiary/aromatic N) is 1. The van der Waals surface area contributed by atoms with Crippen molar-refractivity contribution in [3.05, 3.63) is 56.1 Å². The van der Waals surface area contributed by atoms with Gasteiger partial charge < -0.3 is 10.6 Å². The fourth-order valence-corrected chi connectivity index (χ4v) is 2.89. The van der Waals surface area contributed by atoms with Crippen molar-refractivity contribution in [1.82, 2.24) is 0 Å². The fourth-order valence-electron chi connectivity index (χ4n) is 1.96. The number of carbonyl (C=O) groups is 1. The Labute approximate surface area is 140 Å². The Balaban J connectivity index is 2.45. The standard InChI is InChI=1S/C15H14BrIN2O/c1-2-19(14-6-4-3-5-13(14)18)15(20)11-9-10(16)7-8-12(11)17/h3-9H,2,18H2,1H3. The number of halogens is 2. The summed E-state index contributed by atoms with van der Waals surface area (Å²) in [5, 5.41) is 0. The molecule has 0 bridgehead atoms. The van der Waals surface area contributed by atoms with Crippen LogP contribution in [-0.2, 0) is 0 Å². The van der Waals surface area contributed by atoms with Crippen molar-refractivity contribution in [2.45, 2.75) is 6.92 Å². The summed E-state index contributed by atoms with van der Waals surface area (Å²) in [6.45, 7) is 2.50. The number of nitrogen functional groups attached to an aromatic ring is 1. The summed E-state index contributed by atoms with van der Waals surface area (Å²) in [7, 11) is 0. The second kappa shape index (κ2) is 6.58. The molecule has 0 heterocycles. The number of carbonyl (C=O) groups excluding carboxylic acids is 1. The van der Waals surface area contributed by atoms with Crippen molar-refractivity contribution in [2.75, 3.05) is 17.2 Å². The third kappa shape index (κ3) is 3.15. The van der Waals surface area contributed by atoms with Gasteiger partial charge in [-0.2, -0.15) is 0 Å². The monoisotopic (exact) mass is 444 g/mol. The van der Waals surface area contributed by atoms with Gasteiger partial charge in [0.25, 0.3) is 5.91 Å². The molecule has 0 saturated carbocycles. The maximum Gasteiger partial charge on any atom is 0.259 e.